The minimum Gasteiger partial charge on any atom is -0.387 e. The zero-order valence-electron chi connectivity index (χ0n) is 8.94. The van der Waals surface area contributed by atoms with Crippen molar-refractivity contribution in [2.24, 2.45) is 13.0 Å². The van der Waals surface area contributed by atoms with Gasteiger partial charge in [0.1, 0.15) is 0 Å². The molecular weight excluding hydrogens is 178 g/mol. The first kappa shape index (κ1) is 10.7. The lowest BCUT2D eigenvalue weighted by Gasteiger charge is -2.12. The minimum absolute atomic E-state index is 0.406. The van der Waals surface area contributed by atoms with Gasteiger partial charge in [-0.25, -0.2) is 0 Å². The van der Waals surface area contributed by atoms with Gasteiger partial charge in [-0.05, 0) is 20.8 Å². The third-order valence-corrected chi connectivity index (χ3v) is 2.54. The van der Waals surface area contributed by atoms with Crippen molar-refractivity contribution in [3.63, 3.8) is 0 Å². The lowest BCUT2D eigenvalue weighted by atomic mass is 9.97. The van der Waals surface area contributed by atoms with E-state index in [9.17, 15) is 5.11 Å². The van der Waals surface area contributed by atoms with Gasteiger partial charge in [-0.2, -0.15) is 10.4 Å². The predicted octanol–water partition coefficient (Wildman–Crippen LogP) is 1.23. The first-order valence-corrected chi connectivity index (χ1v) is 4.56. The van der Waals surface area contributed by atoms with Gasteiger partial charge in [0.25, 0.3) is 0 Å². The van der Waals surface area contributed by atoms with Crippen molar-refractivity contribution in [3.05, 3.63) is 17.0 Å². The summed E-state index contributed by atoms with van der Waals surface area (Å²) in [5.41, 5.74) is 2.48. The number of rotatable bonds is 2. The van der Waals surface area contributed by atoms with Crippen LogP contribution >= 0.6 is 0 Å². The van der Waals surface area contributed by atoms with Crippen LogP contribution in [0.4, 0.5) is 0 Å². The summed E-state index contributed by atoms with van der Waals surface area (Å²) in [7, 11) is 1.83. The summed E-state index contributed by atoms with van der Waals surface area (Å²) in [6.45, 7) is 5.44. The van der Waals surface area contributed by atoms with Gasteiger partial charge in [0, 0.05) is 18.3 Å². The smallest absolute Gasteiger partial charge is 0.0981 e. The predicted molar refractivity (Wildman–Crippen MR) is 52.4 cm³/mol. The average Bonchev–Trinajstić information content (AvgIpc) is 2.39. The second kappa shape index (κ2) is 3.81. The second-order valence-corrected chi connectivity index (χ2v) is 3.57. The third-order valence-electron chi connectivity index (χ3n) is 2.54. The van der Waals surface area contributed by atoms with Gasteiger partial charge in [-0.1, -0.05) is 0 Å². The van der Waals surface area contributed by atoms with Crippen molar-refractivity contribution in [3.8, 4) is 6.07 Å². The molecule has 0 aromatic carbocycles. The maximum Gasteiger partial charge on any atom is 0.0981 e. The van der Waals surface area contributed by atoms with E-state index < -0.39 is 12.0 Å². The Bertz CT molecular complexity index is 375. The highest BCUT2D eigenvalue weighted by atomic mass is 16.3. The molecule has 14 heavy (non-hydrogen) atoms. The van der Waals surface area contributed by atoms with E-state index in [4.69, 9.17) is 5.26 Å². The molecule has 0 fully saturated rings. The molecule has 0 spiro atoms. The molecule has 1 rings (SSSR count). The average molecular weight is 193 g/mol. The lowest BCUT2D eigenvalue weighted by Crippen LogP contribution is -2.09. The van der Waals surface area contributed by atoms with E-state index in [0.717, 1.165) is 17.0 Å². The topological polar surface area (TPSA) is 61.8 Å². The Morgan fingerprint density at radius 3 is 2.43 bits per heavy atom. The number of nitriles is 1. The minimum atomic E-state index is -0.742. The van der Waals surface area contributed by atoms with Gasteiger partial charge in [0.15, 0.2) is 0 Å². The molecule has 0 radical (unpaired) electrons. The standard InChI is InChI=1S/C10H15N3O/c1-6(5-11)10(14)9-7(2)12-13(4)8(9)3/h6,10,14H,1-4H3. The van der Waals surface area contributed by atoms with E-state index in [1.807, 2.05) is 27.0 Å². The third kappa shape index (κ3) is 1.64. The first-order valence-electron chi connectivity index (χ1n) is 4.56. The maximum absolute atomic E-state index is 9.89. The summed E-state index contributed by atoms with van der Waals surface area (Å²) in [6, 6.07) is 2.04. The Hall–Kier alpha value is -1.34. The second-order valence-electron chi connectivity index (χ2n) is 3.57. The van der Waals surface area contributed by atoms with Crippen LogP contribution in [0.2, 0.25) is 0 Å². The normalized spacial score (nSPS) is 14.9. The highest BCUT2D eigenvalue weighted by Crippen LogP contribution is 2.26. The fraction of sp³-hybridized carbons (Fsp3) is 0.600. The van der Waals surface area contributed by atoms with Crippen molar-refractivity contribution in [2.45, 2.75) is 26.9 Å². The fourth-order valence-electron chi connectivity index (χ4n) is 1.54. The summed E-state index contributed by atoms with van der Waals surface area (Å²) < 4.78 is 1.72. The molecule has 2 unspecified atom stereocenters. The van der Waals surface area contributed by atoms with E-state index in [2.05, 4.69) is 5.10 Å². The molecule has 1 aromatic rings. The SMILES string of the molecule is Cc1nn(C)c(C)c1C(O)C(C)C#N. The first-order chi connectivity index (χ1) is 6.49. The molecule has 0 aliphatic heterocycles. The van der Waals surface area contributed by atoms with Crippen molar-refractivity contribution >= 4 is 0 Å². The quantitative estimate of drug-likeness (QED) is 0.768. The van der Waals surface area contributed by atoms with Gasteiger partial charge < -0.3 is 5.11 Å². The molecule has 4 heteroatoms. The molecule has 76 valence electrons. The van der Waals surface area contributed by atoms with Crippen molar-refractivity contribution in [2.75, 3.05) is 0 Å². The van der Waals surface area contributed by atoms with Crippen LogP contribution in [0.1, 0.15) is 30.0 Å². The molecule has 0 saturated carbocycles. The van der Waals surface area contributed by atoms with Gasteiger partial charge in [0.05, 0.1) is 23.8 Å². The molecule has 0 aliphatic rings. The Kier molecular flexibility index (Phi) is 2.92. The Morgan fingerprint density at radius 1 is 1.50 bits per heavy atom. The van der Waals surface area contributed by atoms with E-state index in [1.165, 1.54) is 0 Å². The monoisotopic (exact) mass is 193 g/mol. The highest BCUT2D eigenvalue weighted by Gasteiger charge is 2.22. The lowest BCUT2D eigenvalue weighted by molar-refractivity contribution is 0.141. The summed E-state index contributed by atoms with van der Waals surface area (Å²) in [6.07, 6.45) is -0.742. The molecular formula is C10H15N3O. The molecule has 0 amide bonds. The zero-order chi connectivity index (χ0) is 10.9. The van der Waals surface area contributed by atoms with Crippen LogP contribution in [-0.2, 0) is 7.05 Å². The van der Waals surface area contributed by atoms with E-state index in [-0.39, 0.29) is 0 Å². The Labute approximate surface area is 83.8 Å². The summed E-state index contributed by atoms with van der Waals surface area (Å²) in [4.78, 5) is 0. The summed E-state index contributed by atoms with van der Waals surface area (Å²) in [5.74, 6) is -0.406. The molecule has 1 N–H and O–H groups in total. The van der Waals surface area contributed by atoms with Gasteiger partial charge in [0.2, 0.25) is 0 Å². The van der Waals surface area contributed by atoms with Gasteiger partial charge in [-0.15, -0.1) is 0 Å². The number of hydrogen-bond acceptors (Lipinski definition) is 3. The fourth-order valence-corrected chi connectivity index (χ4v) is 1.54. The largest absolute Gasteiger partial charge is 0.387 e. The molecule has 1 heterocycles. The molecule has 0 saturated heterocycles. The van der Waals surface area contributed by atoms with E-state index in [0.29, 0.717) is 0 Å². The number of aromatic nitrogens is 2. The summed E-state index contributed by atoms with van der Waals surface area (Å²) in [5, 5.41) is 22.8. The number of hydrogen-bond donors (Lipinski definition) is 1. The van der Waals surface area contributed by atoms with E-state index >= 15 is 0 Å². The number of aliphatic hydroxyl groups is 1. The zero-order valence-corrected chi connectivity index (χ0v) is 8.94. The van der Waals surface area contributed by atoms with Crippen LogP contribution in [0.5, 0.6) is 0 Å². The van der Waals surface area contributed by atoms with Crippen LogP contribution < -0.4 is 0 Å². The number of aryl methyl sites for hydroxylation is 2. The summed E-state index contributed by atoms with van der Waals surface area (Å²) >= 11 is 0. The van der Waals surface area contributed by atoms with Crippen molar-refractivity contribution in [1.29, 1.82) is 5.26 Å². The van der Waals surface area contributed by atoms with Gasteiger partial charge >= 0.3 is 0 Å². The van der Waals surface area contributed by atoms with Crippen LogP contribution in [0, 0.1) is 31.1 Å². The molecule has 4 nitrogen and oxygen atoms in total. The Morgan fingerprint density at radius 2 is 2.07 bits per heavy atom. The van der Waals surface area contributed by atoms with Crippen LogP contribution in [0.15, 0.2) is 0 Å². The molecule has 0 bridgehead atoms. The molecule has 0 aliphatic carbocycles. The van der Waals surface area contributed by atoms with Crippen LogP contribution in [-0.4, -0.2) is 14.9 Å². The van der Waals surface area contributed by atoms with E-state index in [1.54, 1.807) is 11.6 Å². The number of aliphatic hydroxyl groups excluding tert-OH is 1. The molecule has 1 aromatic heterocycles. The highest BCUT2D eigenvalue weighted by molar-refractivity contribution is 5.28. The van der Waals surface area contributed by atoms with Crippen molar-refractivity contribution in [1.82, 2.24) is 9.78 Å². The molecule has 2 atom stereocenters. The Balaban J connectivity index is 3.13. The van der Waals surface area contributed by atoms with Gasteiger partial charge in [-0.3, -0.25) is 4.68 Å². The van der Waals surface area contributed by atoms with Crippen LogP contribution in [0.25, 0.3) is 0 Å². The maximum atomic E-state index is 9.89. The number of nitrogens with zero attached hydrogens (tertiary/aromatic N) is 3. The van der Waals surface area contributed by atoms with Crippen LogP contribution in [0.3, 0.4) is 0 Å². The van der Waals surface area contributed by atoms with Crippen molar-refractivity contribution < 1.29 is 5.11 Å².